The molecule has 17 heavy (non-hydrogen) atoms. The van der Waals surface area contributed by atoms with Gasteiger partial charge in [0.15, 0.2) is 0 Å². The number of hydrogen-bond acceptors (Lipinski definition) is 3. The van der Waals surface area contributed by atoms with Crippen LogP contribution >= 0.6 is 0 Å². The highest BCUT2D eigenvalue weighted by molar-refractivity contribution is 5.79. The summed E-state index contributed by atoms with van der Waals surface area (Å²) in [6.45, 7) is 6.17. The second-order valence-corrected chi connectivity index (χ2v) is 5.70. The number of ketones is 1. The fourth-order valence-corrected chi connectivity index (χ4v) is 1.98. The molecule has 98 valence electrons. The highest BCUT2D eigenvalue weighted by Crippen LogP contribution is 2.23. The van der Waals surface area contributed by atoms with Gasteiger partial charge in [-0.25, -0.2) is 4.79 Å². The molecule has 1 amide bonds. The van der Waals surface area contributed by atoms with Crippen LogP contribution in [0.15, 0.2) is 0 Å². The molecule has 1 aliphatic carbocycles. The van der Waals surface area contributed by atoms with Crippen molar-refractivity contribution < 1.29 is 14.3 Å². The Morgan fingerprint density at radius 3 is 2.47 bits per heavy atom. The van der Waals surface area contributed by atoms with Crippen molar-refractivity contribution in [1.29, 1.82) is 0 Å². The summed E-state index contributed by atoms with van der Waals surface area (Å²) in [6.07, 6.45) is 3.93. The second-order valence-electron chi connectivity index (χ2n) is 5.70. The molecule has 1 saturated carbocycles. The lowest BCUT2D eigenvalue weighted by atomic mass is 9.86. The first-order chi connectivity index (χ1) is 7.87. The third-order valence-electron chi connectivity index (χ3n) is 2.88. The van der Waals surface area contributed by atoms with Crippen LogP contribution in [0.3, 0.4) is 0 Å². The van der Waals surface area contributed by atoms with Gasteiger partial charge in [0.25, 0.3) is 0 Å². The zero-order valence-electron chi connectivity index (χ0n) is 11.0. The molecular formula is C13H23NO3. The van der Waals surface area contributed by atoms with Crippen LogP contribution in [0.2, 0.25) is 0 Å². The van der Waals surface area contributed by atoms with Crippen LogP contribution in [0.4, 0.5) is 4.79 Å². The summed E-state index contributed by atoms with van der Waals surface area (Å²) in [5.74, 6) is 0.948. The standard InChI is InChI=1S/C13H23NO3/c1-13(2,3)17-12(16)14-9-8-10-4-6-11(15)7-5-10/h10H,4-9H2,1-3H3,(H,14,16). The average molecular weight is 241 g/mol. The zero-order chi connectivity index (χ0) is 12.9. The van der Waals surface area contributed by atoms with E-state index in [0.29, 0.717) is 31.1 Å². The van der Waals surface area contributed by atoms with Crippen LogP contribution < -0.4 is 5.32 Å². The number of amides is 1. The molecule has 0 aliphatic heterocycles. The van der Waals surface area contributed by atoms with Crippen molar-refractivity contribution in [2.75, 3.05) is 6.54 Å². The minimum atomic E-state index is -0.443. The second kappa shape index (κ2) is 6.03. The van der Waals surface area contributed by atoms with E-state index >= 15 is 0 Å². The Bertz CT molecular complexity index is 271. The van der Waals surface area contributed by atoms with Gasteiger partial charge in [0.1, 0.15) is 11.4 Å². The summed E-state index contributed by atoms with van der Waals surface area (Å²) < 4.78 is 5.14. The van der Waals surface area contributed by atoms with Gasteiger partial charge in [0.05, 0.1) is 0 Å². The number of nitrogens with one attached hydrogen (secondary N) is 1. The number of rotatable bonds is 3. The van der Waals surface area contributed by atoms with E-state index in [0.717, 1.165) is 19.3 Å². The normalized spacial score (nSPS) is 17.9. The molecule has 0 spiro atoms. The lowest BCUT2D eigenvalue weighted by Gasteiger charge is -2.22. The van der Waals surface area contributed by atoms with E-state index in [1.54, 1.807) is 0 Å². The van der Waals surface area contributed by atoms with Gasteiger partial charge in [0.2, 0.25) is 0 Å². The van der Waals surface area contributed by atoms with E-state index < -0.39 is 5.60 Å². The van der Waals surface area contributed by atoms with Gasteiger partial charge in [-0.3, -0.25) is 4.79 Å². The van der Waals surface area contributed by atoms with Crippen molar-refractivity contribution in [1.82, 2.24) is 5.32 Å². The Morgan fingerprint density at radius 2 is 1.94 bits per heavy atom. The molecule has 1 fully saturated rings. The van der Waals surface area contributed by atoms with Gasteiger partial charge in [-0.2, -0.15) is 0 Å². The Labute approximate surface area is 103 Å². The van der Waals surface area contributed by atoms with Crippen LogP contribution in [0, 0.1) is 5.92 Å². The maximum Gasteiger partial charge on any atom is 0.407 e. The number of ether oxygens (including phenoxy) is 1. The van der Waals surface area contributed by atoms with Gasteiger partial charge in [-0.15, -0.1) is 0 Å². The van der Waals surface area contributed by atoms with E-state index in [1.807, 2.05) is 20.8 Å². The van der Waals surface area contributed by atoms with Crippen LogP contribution in [0.1, 0.15) is 52.9 Å². The first kappa shape index (κ1) is 14.0. The van der Waals surface area contributed by atoms with Crippen LogP contribution in [-0.2, 0) is 9.53 Å². The summed E-state index contributed by atoms with van der Waals surface area (Å²) >= 11 is 0. The average Bonchev–Trinajstić information content (AvgIpc) is 2.18. The number of Topliss-reactive ketones (excluding diaryl/α,β-unsaturated/α-hetero) is 1. The smallest absolute Gasteiger partial charge is 0.407 e. The lowest BCUT2D eigenvalue weighted by Crippen LogP contribution is -2.33. The molecule has 0 bridgehead atoms. The van der Waals surface area contributed by atoms with E-state index in [2.05, 4.69) is 5.32 Å². The third-order valence-corrected chi connectivity index (χ3v) is 2.88. The van der Waals surface area contributed by atoms with Crippen LogP contribution in [-0.4, -0.2) is 24.0 Å². The number of alkyl carbamates (subject to hydrolysis) is 1. The highest BCUT2D eigenvalue weighted by Gasteiger charge is 2.19. The largest absolute Gasteiger partial charge is 0.444 e. The maximum atomic E-state index is 11.4. The van der Waals surface area contributed by atoms with Gasteiger partial charge >= 0.3 is 6.09 Å². The predicted octanol–water partition coefficient (Wildman–Crippen LogP) is 2.66. The van der Waals surface area contributed by atoms with Gasteiger partial charge < -0.3 is 10.1 Å². The topological polar surface area (TPSA) is 55.4 Å². The molecule has 0 heterocycles. The van der Waals surface area contributed by atoms with E-state index in [-0.39, 0.29) is 6.09 Å². The number of carbonyl (C=O) groups is 2. The Kier molecular flexibility index (Phi) is 4.97. The third kappa shape index (κ3) is 6.29. The fraction of sp³-hybridized carbons (Fsp3) is 0.846. The molecule has 4 nitrogen and oxygen atoms in total. The van der Waals surface area contributed by atoms with Crippen LogP contribution in [0.5, 0.6) is 0 Å². The Balaban J connectivity index is 2.11. The first-order valence-corrected chi connectivity index (χ1v) is 6.35. The van der Waals surface area contributed by atoms with Gasteiger partial charge in [-0.05, 0) is 46.0 Å². The highest BCUT2D eigenvalue weighted by atomic mass is 16.6. The molecule has 0 aromatic rings. The van der Waals surface area contributed by atoms with Gasteiger partial charge in [-0.1, -0.05) is 0 Å². The molecular weight excluding hydrogens is 218 g/mol. The number of carbonyl (C=O) groups excluding carboxylic acids is 2. The van der Waals surface area contributed by atoms with Crippen LogP contribution in [0.25, 0.3) is 0 Å². The van der Waals surface area contributed by atoms with Crippen molar-refractivity contribution in [3.63, 3.8) is 0 Å². The molecule has 0 aromatic heterocycles. The molecule has 1 N–H and O–H groups in total. The summed E-state index contributed by atoms with van der Waals surface area (Å²) in [5, 5.41) is 2.75. The minimum Gasteiger partial charge on any atom is -0.444 e. The molecule has 1 aliphatic rings. The molecule has 0 radical (unpaired) electrons. The van der Waals surface area contributed by atoms with Crippen molar-refractivity contribution in [2.24, 2.45) is 5.92 Å². The maximum absolute atomic E-state index is 11.4. The number of hydrogen-bond donors (Lipinski definition) is 1. The minimum absolute atomic E-state index is 0.357. The fourth-order valence-electron chi connectivity index (χ4n) is 1.98. The predicted molar refractivity (Wildman–Crippen MR) is 65.8 cm³/mol. The lowest BCUT2D eigenvalue weighted by molar-refractivity contribution is -0.121. The van der Waals surface area contributed by atoms with Crippen molar-refractivity contribution >= 4 is 11.9 Å². The molecule has 1 rings (SSSR count). The molecule has 0 aromatic carbocycles. The van der Waals surface area contributed by atoms with Gasteiger partial charge in [0, 0.05) is 19.4 Å². The molecule has 0 unspecified atom stereocenters. The van der Waals surface area contributed by atoms with E-state index in [4.69, 9.17) is 4.74 Å². The first-order valence-electron chi connectivity index (χ1n) is 6.35. The van der Waals surface area contributed by atoms with E-state index in [1.165, 1.54) is 0 Å². The molecule has 0 saturated heterocycles. The van der Waals surface area contributed by atoms with Crippen molar-refractivity contribution in [2.45, 2.75) is 58.5 Å². The van der Waals surface area contributed by atoms with Crippen molar-refractivity contribution in [3.05, 3.63) is 0 Å². The Morgan fingerprint density at radius 1 is 1.35 bits per heavy atom. The zero-order valence-corrected chi connectivity index (χ0v) is 11.0. The Hall–Kier alpha value is -1.06. The molecule has 0 atom stereocenters. The SMILES string of the molecule is CC(C)(C)OC(=O)NCCC1CCC(=O)CC1. The van der Waals surface area contributed by atoms with E-state index in [9.17, 15) is 9.59 Å². The van der Waals surface area contributed by atoms with Crippen molar-refractivity contribution in [3.8, 4) is 0 Å². The quantitative estimate of drug-likeness (QED) is 0.826. The summed E-state index contributed by atoms with van der Waals surface area (Å²) in [4.78, 5) is 22.4. The monoisotopic (exact) mass is 241 g/mol. The summed E-state index contributed by atoms with van der Waals surface area (Å²) in [7, 11) is 0. The summed E-state index contributed by atoms with van der Waals surface area (Å²) in [6, 6.07) is 0. The molecule has 4 heteroatoms. The summed E-state index contributed by atoms with van der Waals surface area (Å²) in [5.41, 5.74) is -0.443.